The van der Waals surface area contributed by atoms with Gasteiger partial charge >= 0.3 is 12.1 Å². The predicted octanol–water partition coefficient (Wildman–Crippen LogP) is 2.32. The minimum absolute atomic E-state index is 0.204. The lowest BCUT2D eigenvalue weighted by atomic mass is 10.1. The molecule has 1 aromatic carbocycles. The van der Waals surface area contributed by atoms with Crippen LogP contribution >= 0.6 is 0 Å². The lowest BCUT2D eigenvalue weighted by molar-refractivity contribution is -0.173. The van der Waals surface area contributed by atoms with Gasteiger partial charge in [0, 0.05) is 18.4 Å². The van der Waals surface area contributed by atoms with Crippen molar-refractivity contribution < 1.29 is 36.3 Å². The molecule has 0 aliphatic rings. The average molecular weight is 353 g/mol. The summed E-state index contributed by atoms with van der Waals surface area (Å²) in [4.78, 5) is 22.2. The van der Waals surface area contributed by atoms with Crippen molar-refractivity contribution in [1.29, 1.82) is 0 Å². The first-order chi connectivity index (χ1) is 10.3. The molecule has 0 heterocycles. The number of hydrogen-bond donors (Lipinski definition) is 2. The number of anilines is 1. The normalized spacial score (nSPS) is 13.4. The zero-order chi connectivity index (χ0) is 18.0. The molecule has 1 amide bonds. The van der Waals surface area contributed by atoms with Gasteiger partial charge in [0.2, 0.25) is 5.91 Å². The number of amides is 1. The van der Waals surface area contributed by atoms with Crippen LogP contribution in [0.5, 0.6) is 0 Å². The molecule has 10 heteroatoms. The highest BCUT2D eigenvalue weighted by molar-refractivity contribution is 7.90. The van der Waals surface area contributed by atoms with Gasteiger partial charge in [-0.3, -0.25) is 4.79 Å². The number of rotatable bonds is 5. The molecular formula is C13H14F3NO5S. The van der Waals surface area contributed by atoms with E-state index >= 15 is 0 Å². The Morgan fingerprint density at radius 3 is 2.26 bits per heavy atom. The highest BCUT2D eigenvalue weighted by atomic mass is 32.2. The molecule has 1 unspecified atom stereocenters. The Kier molecular flexibility index (Phi) is 5.41. The number of carbonyl (C=O) groups is 2. The van der Waals surface area contributed by atoms with E-state index in [1.54, 1.807) is 0 Å². The Balaban J connectivity index is 3.07. The van der Waals surface area contributed by atoms with Gasteiger partial charge in [-0.25, -0.2) is 13.2 Å². The third-order valence-corrected chi connectivity index (χ3v) is 4.01. The van der Waals surface area contributed by atoms with Crippen LogP contribution in [0.25, 0.3) is 0 Å². The highest BCUT2D eigenvalue weighted by Crippen LogP contribution is 2.28. The molecule has 6 nitrogen and oxygen atoms in total. The van der Waals surface area contributed by atoms with Gasteiger partial charge in [0.25, 0.3) is 0 Å². The van der Waals surface area contributed by atoms with Crippen LogP contribution in [0, 0.1) is 5.92 Å². The van der Waals surface area contributed by atoms with Crippen LogP contribution in [0.3, 0.4) is 0 Å². The predicted molar refractivity (Wildman–Crippen MR) is 75.0 cm³/mol. The quantitative estimate of drug-likeness (QED) is 0.846. The van der Waals surface area contributed by atoms with Gasteiger partial charge in [0.1, 0.15) is 0 Å². The second kappa shape index (κ2) is 6.57. The first-order valence-electron chi connectivity index (χ1n) is 6.25. The fraction of sp³-hybridized carbons (Fsp3) is 0.385. The van der Waals surface area contributed by atoms with E-state index in [9.17, 15) is 31.2 Å². The van der Waals surface area contributed by atoms with Crippen LogP contribution in [0.2, 0.25) is 0 Å². The summed E-state index contributed by atoms with van der Waals surface area (Å²) in [7, 11) is -3.76. The van der Waals surface area contributed by atoms with E-state index in [2.05, 4.69) is 5.32 Å². The second-order valence-electron chi connectivity index (χ2n) is 5.02. The van der Waals surface area contributed by atoms with Gasteiger partial charge < -0.3 is 10.4 Å². The molecule has 0 bridgehead atoms. The summed E-state index contributed by atoms with van der Waals surface area (Å²) in [5.41, 5.74) is -0.614. The lowest BCUT2D eigenvalue weighted by Gasteiger charge is -2.15. The number of nitrogens with one attached hydrogen (secondary N) is 1. The van der Waals surface area contributed by atoms with Gasteiger partial charge in [0.15, 0.2) is 9.84 Å². The van der Waals surface area contributed by atoms with Crippen LogP contribution in [0.1, 0.15) is 23.7 Å². The van der Waals surface area contributed by atoms with Crippen molar-refractivity contribution in [3.63, 3.8) is 0 Å². The molecule has 128 valence electrons. The molecular weight excluding hydrogens is 339 g/mol. The molecule has 0 aliphatic heterocycles. The van der Waals surface area contributed by atoms with Gasteiger partial charge in [-0.2, -0.15) is 13.2 Å². The Labute approximate surface area is 130 Å². The number of benzene rings is 1. The molecule has 1 atom stereocenters. The zero-order valence-electron chi connectivity index (χ0n) is 12.1. The van der Waals surface area contributed by atoms with Gasteiger partial charge in [-0.1, -0.05) is 6.92 Å². The topological polar surface area (TPSA) is 101 Å². The van der Waals surface area contributed by atoms with Crippen molar-refractivity contribution in [3.8, 4) is 0 Å². The van der Waals surface area contributed by atoms with Gasteiger partial charge in [-0.05, 0) is 18.2 Å². The SMILES string of the molecule is CC(CC(=O)Nc1cc(C(=O)O)cc(S(C)(=O)=O)c1)C(F)(F)F. The number of aromatic carboxylic acids is 1. The number of hydrogen-bond acceptors (Lipinski definition) is 4. The van der Waals surface area contributed by atoms with E-state index in [0.717, 1.165) is 31.4 Å². The summed E-state index contributed by atoms with van der Waals surface area (Å²) in [6.45, 7) is 0.829. The van der Waals surface area contributed by atoms with Crippen LogP contribution in [0.4, 0.5) is 18.9 Å². The van der Waals surface area contributed by atoms with E-state index in [0.29, 0.717) is 0 Å². The summed E-state index contributed by atoms with van der Waals surface area (Å²) in [5.74, 6) is -4.33. The van der Waals surface area contributed by atoms with E-state index in [1.807, 2.05) is 0 Å². The fourth-order valence-electron chi connectivity index (χ4n) is 1.61. The Morgan fingerprint density at radius 1 is 1.26 bits per heavy atom. The molecule has 0 saturated heterocycles. The third-order valence-electron chi connectivity index (χ3n) is 2.92. The molecule has 1 aromatic rings. The minimum Gasteiger partial charge on any atom is -0.478 e. The average Bonchev–Trinajstić information content (AvgIpc) is 2.35. The molecule has 2 N–H and O–H groups in total. The lowest BCUT2D eigenvalue weighted by Crippen LogP contribution is -2.25. The first-order valence-corrected chi connectivity index (χ1v) is 8.15. The molecule has 0 spiro atoms. The highest BCUT2D eigenvalue weighted by Gasteiger charge is 2.37. The van der Waals surface area contributed by atoms with Crippen LogP contribution in [-0.2, 0) is 14.6 Å². The Morgan fingerprint density at radius 2 is 1.83 bits per heavy atom. The molecule has 1 rings (SSSR count). The molecule has 0 radical (unpaired) electrons. The van der Waals surface area contributed by atoms with Crippen LogP contribution in [0.15, 0.2) is 23.1 Å². The van der Waals surface area contributed by atoms with Crippen LogP contribution in [-0.4, -0.2) is 37.8 Å². The number of carbonyl (C=O) groups excluding carboxylic acids is 1. The molecule has 23 heavy (non-hydrogen) atoms. The van der Waals surface area contributed by atoms with Gasteiger partial charge in [0.05, 0.1) is 16.4 Å². The van der Waals surface area contributed by atoms with Crippen molar-refractivity contribution >= 4 is 27.4 Å². The van der Waals surface area contributed by atoms with Crippen LogP contribution < -0.4 is 5.32 Å². The maximum atomic E-state index is 12.4. The standard InChI is InChI=1S/C13H14F3NO5S/c1-7(13(14,15)16)3-11(18)17-9-4-8(12(19)20)5-10(6-9)23(2,21)22/h4-7H,3H2,1-2H3,(H,17,18)(H,19,20). The number of carboxylic acids is 1. The van der Waals surface area contributed by atoms with E-state index < -0.39 is 45.8 Å². The van der Waals surface area contributed by atoms with E-state index in [1.165, 1.54) is 0 Å². The van der Waals surface area contributed by atoms with Crippen molar-refractivity contribution in [2.45, 2.75) is 24.4 Å². The number of sulfone groups is 1. The first kappa shape index (κ1) is 18.9. The summed E-state index contributed by atoms with van der Waals surface area (Å²) in [6, 6.07) is 2.84. The maximum Gasteiger partial charge on any atom is 0.392 e. The largest absolute Gasteiger partial charge is 0.478 e. The van der Waals surface area contributed by atoms with Crippen molar-refractivity contribution in [1.82, 2.24) is 0 Å². The zero-order valence-corrected chi connectivity index (χ0v) is 13.0. The van der Waals surface area contributed by atoms with E-state index in [-0.39, 0.29) is 10.6 Å². The third kappa shape index (κ3) is 5.55. The summed E-state index contributed by atoms with van der Waals surface area (Å²) in [5, 5.41) is 11.0. The van der Waals surface area contributed by atoms with Gasteiger partial charge in [-0.15, -0.1) is 0 Å². The minimum atomic E-state index is -4.54. The Hall–Kier alpha value is -2.10. The van der Waals surface area contributed by atoms with Crippen molar-refractivity contribution in [2.24, 2.45) is 5.92 Å². The summed E-state index contributed by atoms with van der Waals surface area (Å²) < 4.78 is 60.2. The smallest absolute Gasteiger partial charge is 0.392 e. The summed E-state index contributed by atoms with van der Waals surface area (Å²) >= 11 is 0. The molecule has 0 fully saturated rings. The van der Waals surface area contributed by atoms with Crippen molar-refractivity contribution in [2.75, 3.05) is 11.6 Å². The fourth-order valence-corrected chi connectivity index (χ4v) is 2.30. The Bertz CT molecular complexity index is 728. The number of alkyl halides is 3. The maximum absolute atomic E-state index is 12.4. The monoisotopic (exact) mass is 353 g/mol. The molecule has 0 aromatic heterocycles. The second-order valence-corrected chi connectivity index (χ2v) is 7.03. The number of carboxylic acid groups (broad SMARTS) is 1. The van der Waals surface area contributed by atoms with Crippen molar-refractivity contribution in [3.05, 3.63) is 23.8 Å². The summed E-state index contributed by atoms with van der Waals surface area (Å²) in [6.07, 6.45) is -4.57. The van der Waals surface area contributed by atoms with E-state index in [4.69, 9.17) is 5.11 Å². The molecule has 0 aliphatic carbocycles. The molecule has 0 saturated carbocycles. The number of halogens is 3.